The molecule has 4 rings (SSSR count). The van der Waals surface area contributed by atoms with Gasteiger partial charge in [0.25, 0.3) is 0 Å². The van der Waals surface area contributed by atoms with Gasteiger partial charge in [-0.3, -0.25) is 5.10 Å². The standard InChI is InChI=1S/C12H9BrFN3S/c13-6-1-2-9(14)7(3-6)12-4-8(12)10-15-16-11(18)17(10)5-12/h1-3,8H,4-5H2,(H,16,18)/t8-,12+/m0/s1. The van der Waals surface area contributed by atoms with Gasteiger partial charge in [-0.05, 0) is 42.4 Å². The van der Waals surface area contributed by atoms with Crippen LogP contribution in [0.1, 0.15) is 23.7 Å². The molecule has 1 aromatic heterocycles. The summed E-state index contributed by atoms with van der Waals surface area (Å²) in [5.41, 5.74) is 0.653. The topological polar surface area (TPSA) is 33.6 Å². The van der Waals surface area contributed by atoms with Gasteiger partial charge in [0.2, 0.25) is 0 Å². The van der Waals surface area contributed by atoms with E-state index in [0.29, 0.717) is 10.7 Å². The van der Waals surface area contributed by atoms with Crippen molar-refractivity contribution in [1.82, 2.24) is 14.8 Å². The maximum Gasteiger partial charge on any atom is 0.195 e. The highest BCUT2D eigenvalue weighted by Gasteiger charge is 2.63. The highest BCUT2D eigenvalue weighted by Crippen LogP contribution is 2.65. The summed E-state index contributed by atoms with van der Waals surface area (Å²) in [6, 6.07) is 5.13. The van der Waals surface area contributed by atoms with Crippen LogP contribution < -0.4 is 0 Å². The van der Waals surface area contributed by atoms with Crippen molar-refractivity contribution in [3.8, 4) is 0 Å². The summed E-state index contributed by atoms with van der Waals surface area (Å²) in [6.45, 7) is 0.732. The molecule has 0 bridgehead atoms. The molecule has 0 amide bonds. The number of hydrogen-bond acceptors (Lipinski definition) is 2. The molecule has 0 saturated heterocycles. The Bertz CT molecular complexity index is 722. The molecule has 2 aromatic rings. The monoisotopic (exact) mass is 325 g/mol. The Morgan fingerprint density at radius 2 is 2.39 bits per heavy atom. The number of aromatic amines is 1. The molecule has 1 aromatic carbocycles. The van der Waals surface area contributed by atoms with Crippen molar-refractivity contribution in [2.24, 2.45) is 0 Å². The molecule has 0 radical (unpaired) electrons. The Labute approximate surface area is 116 Å². The van der Waals surface area contributed by atoms with Gasteiger partial charge in [-0.15, -0.1) is 0 Å². The average molecular weight is 326 g/mol. The minimum absolute atomic E-state index is 0.126. The largest absolute Gasteiger partial charge is 0.303 e. The summed E-state index contributed by atoms with van der Waals surface area (Å²) in [7, 11) is 0. The Morgan fingerprint density at radius 1 is 1.56 bits per heavy atom. The summed E-state index contributed by atoms with van der Waals surface area (Å²) < 4.78 is 17.6. The number of H-pyrrole nitrogens is 1. The van der Waals surface area contributed by atoms with Gasteiger partial charge in [-0.1, -0.05) is 15.9 Å². The van der Waals surface area contributed by atoms with Gasteiger partial charge in [-0.2, -0.15) is 5.10 Å². The van der Waals surface area contributed by atoms with Crippen molar-refractivity contribution in [2.45, 2.75) is 24.3 Å². The third-order valence-corrected chi connectivity index (χ3v) is 4.88. The zero-order chi connectivity index (χ0) is 12.5. The number of hydrogen-bond donors (Lipinski definition) is 1. The van der Waals surface area contributed by atoms with Gasteiger partial charge in [0.1, 0.15) is 11.6 Å². The molecule has 3 nitrogen and oxygen atoms in total. The third-order valence-electron chi connectivity index (χ3n) is 4.08. The van der Waals surface area contributed by atoms with Crippen LogP contribution in [0.3, 0.4) is 0 Å². The number of nitrogens with one attached hydrogen (secondary N) is 1. The normalized spacial score (nSPS) is 28.0. The number of halogens is 2. The van der Waals surface area contributed by atoms with E-state index in [1.807, 2.05) is 10.6 Å². The molecule has 2 heterocycles. The van der Waals surface area contributed by atoms with Gasteiger partial charge < -0.3 is 4.57 Å². The van der Waals surface area contributed by atoms with Gasteiger partial charge in [-0.25, -0.2) is 4.39 Å². The predicted molar refractivity (Wildman–Crippen MR) is 70.5 cm³/mol. The van der Waals surface area contributed by atoms with E-state index >= 15 is 0 Å². The van der Waals surface area contributed by atoms with Gasteiger partial charge in [0, 0.05) is 22.4 Å². The molecule has 1 N–H and O–H groups in total. The van der Waals surface area contributed by atoms with E-state index in [4.69, 9.17) is 12.2 Å². The maximum absolute atomic E-state index is 14.0. The Hall–Kier alpha value is -1.01. The van der Waals surface area contributed by atoms with Crippen molar-refractivity contribution < 1.29 is 4.39 Å². The van der Waals surface area contributed by atoms with Crippen LogP contribution in [0, 0.1) is 10.6 Å². The molecule has 0 unspecified atom stereocenters. The van der Waals surface area contributed by atoms with Crippen LogP contribution in [-0.2, 0) is 12.0 Å². The SMILES string of the molecule is Fc1ccc(Br)cc1[C@]12C[C@H]1c1n[nH]c(=S)n1C2. The average Bonchev–Trinajstić information content (AvgIpc) is 2.82. The Morgan fingerprint density at radius 3 is 3.17 bits per heavy atom. The molecule has 1 fully saturated rings. The number of rotatable bonds is 1. The quantitative estimate of drug-likeness (QED) is 0.816. The van der Waals surface area contributed by atoms with Crippen LogP contribution in [0.15, 0.2) is 22.7 Å². The van der Waals surface area contributed by atoms with Gasteiger partial charge in [0.15, 0.2) is 4.77 Å². The number of benzene rings is 1. The van der Waals surface area contributed by atoms with Crippen molar-refractivity contribution in [2.75, 3.05) is 0 Å². The minimum atomic E-state index is -0.138. The Balaban J connectivity index is 1.86. The molecule has 2 atom stereocenters. The lowest BCUT2D eigenvalue weighted by Gasteiger charge is -2.14. The van der Waals surface area contributed by atoms with Crippen LogP contribution in [0.4, 0.5) is 4.39 Å². The second kappa shape index (κ2) is 3.30. The first-order valence-electron chi connectivity index (χ1n) is 5.72. The minimum Gasteiger partial charge on any atom is -0.303 e. The van der Waals surface area contributed by atoms with E-state index < -0.39 is 0 Å². The predicted octanol–water partition coefficient (Wildman–Crippen LogP) is 3.28. The number of aromatic nitrogens is 3. The van der Waals surface area contributed by atoms with E-state index in [9.17, 15) is 4.39 Å². The highest BCUT2D eigenvalue weighted by molar-refractivity contribution is 9.10. The van der Waals surface area contributed by atoms with Gasteiger partial charge >= 0.3 is 0 Å². The molecular weight excluding hydrogens is 317 g/mol. The van der Waals surface area contributed by atoms with Crippen molar-refractivity contribution in [3.63, 3.8) is 0 Å². The van der Waals surface area contributed by atoms with Crippen LogP contribution in [0.25, 0.3) is 0 Å². The highest BCUT2D eigenvalue weighted by atomic mass is 79.9. The number of nitrogens with zero attached hydrogens (tertiary/aromatic N) is 2. The van der Waals surface area contributed by atoms with Crippen molar-refractivity contribution in [1.29, 1.82) is 0 Å². The third kappa shape index (κ3) is 1.22. The van der Waals surface area contributed by atoms with E-state index in [2.05, 4.69) is 26.1 Å². The smallest absolute Gasteiger partial charge is 0.195 e. The van der Waals surface area contributed by atoms with Crippen molar-refractivity contribution >= 4 is 28.1 Å². The van der Waals surface area contributed by atoms with Gasteiger partial charge in [0.05, 0.1) is 0 Å². The van der Waals surface area contributed by atoms with E-state index in [1.54, 1.807) is 6.07 Å². The van der Waals surface area contributed by atoms with E-state index in [0.717, 1.165) is 28.8 Å². The fourth-order valence-corrected chi connectivity index (χ4v) is 3.68. The lowest BCUT2D eigenvalue weighted by atomic mass is 9.94. The summed E-state index contributed by atoms with van der Waals surface area (Å²) in [6.07, 6.45) is 0.958. The molecule has 92 valence electrons. The summed E-state index contributed by atoms with van der Waals surface area (Å²) in [4.78, 5) is 0. The van der Waals surface area contributed by atoms with E-state index in [1.165, 1.54) is 6.07 Å². The first-order chi connectivity index (χ1) is 8.62. The first kappa shape index (κ1) is 10.9. The Kier molecular flexibility index (Phi) is 1.99. The summed E-state index contributed by atoms with van der Waals surface area (Å²) >= 11 is 8.60. The van der Waals surface area contributed by atoms with Crippen LogP contribution in [0.2, 0.25) is 0 Å². The second-order valence-electron chi connectivity index (χ2n) is 5.01. The first-order valence-corrected chi connectivity index (χ1v) is 6.92. The molecule has 1 saturated carbocycles. The van der Waals surface area contributed by atoms with Crippen LogP contribution >= 0.6 is 28.1 Å². The van der Waals surface area contributed by atoms with Crippen LogP contribution in [0.5, 0.6) is 0 Å². The molecule has 0 spiro atoms. The zero-order valence-corrected chi connectivity index (χ0v) is 11.7. The van der Waals surface area contributed by atoms with Crippen LogP contribution in [-0.4, -0.2) is 14.8 Å². The summed E-state index contributed by atoms with van der Waals surface area (Å²) in [5, 5.41) is 7.06. The summed E-state index contributed by atoms with van der Waals surface area (Å²) in [5.74, 6) is 1.13. The fourth-order valence-electron chi connectivity index (χ4n) is 3.11. The zero-order valence-electron chi connectivity index (χ0n) is 9.28. The number of fused-ring (bicyclic) bond motifs is 3. The molecule has 1 aliphatic heterocycles. The molecular formula is C12H9BrFN3S. The fraction of sp³-hybridized carbons (Fsp3) is 0.333. The second-order valence-corrected chi connectivity index (χ2v) is 6.31. The lowest BCUT2D eigenvalue weighted by Crippen LogP contribution is -2.14. The molecule has 6 heteroatoms. The molecule has 18 heavy (non-hydrogen) atoms. The maximum atomic E-state index is 14.0. The van der Waals surface area contributed by atoms with Crippen molar-refractivity contribution in [3.05, 3.63) is 44.6 Å². The lowest BCUT2D eigenvalue weighted by molar-refractivity contribution is 0.530. The molecule has 1 aliphatic carbocycles. The van der Waals surface area contributed by atoms with E-state index in [-0.39, 0.29) is 11.2 Å². The molecule has 2 aliphatic rings.